The summed E-state index contributed by atoms with van der Waals surface area (Å²) in [7, 11) is -3.54. The Bertz CT molecular complexity index is 948. The third kappa shape index (κ3) is 5.66. The molecule has 1 N–H and O–H groups in total. The molecule has 2 aromatic carbocycles. The van der Waals surface area contributed by atoms with Crippen molar-refractivity contribution < 1.29 is 22.7 Å². The molecule has 0 radical (unpaired) electrons. The van der Waals surface area contributed by atoms with E-state index in [9.17, 15) is 13.2 Å². The Morgan fingerprint density at radius 3 is 2.38 bits per heavy atom. The Balaban J connectivity index is 1.59. The average Bonchev–Trinajstić information content (AvgIpc) is 2.74. The lowest BCUT2D eigenvalue weighted by molar-refractivity contribution is -0.111. The van der Waals surface area contributed by atoms with Crippen molar-refractivity contribution in [1.82, 2.24) is 4.31 Å². The van der Waals surface area contributed by atoms with Gasteiger partial charge in [0.15, 0.2) is 0 Å². The van der Waals surface area contributed by atoms with Gasteiger partial charge in [-0.25, -0.2) is 8.42 Å². The molecule has 3 rings (SSSR count). The van der Waals surface area contributed by atoms with E-state index in [1.807, 2.05) is 31.2 Å². The second-order valence-electron chi connectivity index (χ2n) is 6.37. The largest absolute Gasteiger partial charge is 0.494 e. The van der Waals surface area contributed by atoms with Gasteiger partial charge in [-0.3, -0.25) is 4.79 Å². The summed E-state index contributed by atoms with van der Waals surface area (Å²) in [5, 5.41) is 2.72. The van der Waals surface area contributed by atoms with Crippen LogP contribution in [-0.4, -0.2) is 51.5 Å². The summed E-state index contributed by atoms with van der Waals surface area (Å²) >= 11 is 0. The number of carbonyl (C=O) groups excluding carboxylic acids is 1. The fourth-order valence-corrected chi connectivity index (χ4v) is 4.25. The highest BCUT2D eigenvalue weighted by Gasteiger charge is 2.26. The predicted octanol–water partition coefficient (Wildman–Crippen LogP) is 2.76. The monoisotopic (exact) mass is 416 g/mol. The SMILES string of the molecule is CCOc1ccc(/C=C/C(=O)Nc2ccc(S(=O)(=O)N3CCOCC3)cc2)cc1. The second-order valence-corrected chi connectivity index (χ2v) is 8.30. The quantitative estimate of drug-likeness (QED) is 0.702. The Hall–Kier alpha value is -2.68. The van der Waals surface area contributed by atoms with Crippen molar-refractivity contribution >= 4 is 27.7 Å². The molecule has 29 heavy (non-hydrogen) atoms. The van der Waals surface area contributed by atoms with Crippen molar-refractivity contribution in [3.05, 3.63) is 60.2 Å². The average molecular weight is 416 g/mol. The van der Waals surface area contributed by atoms with Crippen molar-refractivity contribution in [2.75, 3.05) is 38.2 Å². The lowest BCUT2D eigenvalue weighted by Gasteiger charge is -2.26. The smallest absolute Gasteiger partial charge is 0.248 e. The molecule has 0 atom stereocenters. The number of anilines is 1. The first kappa shape index (κ1) is 21.0. The number of hydrogen-bond acceptors (Lipinski definition) is 5. The van der Waals surface area contributed by atoms with Gasteiger partial charge in [-0.05, 0) is 55.0 Å². The van der Waals surface area contributed by atoms with Crippen molar-refractivity contribution in [2.24, 2.45) is 0 Å². The zero-order chi connectivity index (χ0) is 20.7. The van der Waals surface area contributed by atoms with E-state index in [2.05, 4.69) is 5.32 Å². The lowest BCUT2D eigenvalue weighted by atomic mass is 10.2. The molecule has 2 aromatic rings. The molecule has 1 heterocycles. The first-order valence-electron chi connectivity index (χ1n) is 9.39. The molecule has 154 valence electrons. The summed E-state index contributed by atoms with van der Waals surface area (Å²) < 4.78 is 37.2. The Morgan fingerprint density at radius 1 is 1.10 bits per heavy atom. The van der Waals surface area contributed by atoms with E-state index in [-0.39, 0.29) is 10.8 Å². The van der Waals surface area contributed by atoms with Crippen molar-refractivity contribution in [1.29, 1.82) is 0 Å². The summed E-state index contributed by atoms with van der Waals surface area (Å²) in [6, 6.07) is 13.6. The van der Waals surface area contributed by atoms with Gasteiger partial charge in [0.25, 0.3) is 0 Å². The summed E-state index contributed by atoms with van der Waals surface area (Å²) in [6.07, 6.45) is 3.12. The van der Waals surface area contributed by atoms with Gasteiger partial charge >= 0.3 is 0 Å². The van der Waals surface area contributed by atoms with Crippen LogP contribution in [0.1, 0.15) is 12.5 Å². The fraction of sp³-hybridized carbons (Fsp3) is 0.286. The van der Waals surface area contributed by atoms with Gasteiger partial charge < -0.3 is 14.8 Å². The molecule has 1 aliphatic rings. The molecule has 0 spiro atoms. The number of hydrogen-bond donors (Lipinski definition) is 1. The Kier molecular flexibility index (Phi) is 7.03. The minimum atomic E-state index is -3.54. The molecule has 0 unspecified atom stereocenters. The zero-order valence-corrected chi connectivity index (χ0v) is 17.0. The zero-order valence-electron chi connectivity index (χ0n) is 16.2. The topological polar surface area (TPSA) is 84.9 Å². The van der Waals surface area contributed by atoms with Crippen LogP contribution in [0.15, 0.2) is 59.5 Å². The molecule has 7 nitrogen and oxygen atoms in total. The molecule has 8 heteroatoms. The van der Waals surface area contributed by atoms with E-state index in [1.54, 1.807) is 18.2 Å². The van der Waals surface area contributed by atoms with Crippen LogP contribution in [-0.2, 0) is 19.6 Å². The van der Waals surface area contributed by atoms with Crippen LogP contribution < -0.4 is 10.1 Å². The highest BCUT2D eigenvalue weighted by atomic mass is 32.2. The normalized spacial score (nSPS) is 15.3. The molecule has 0 aromatic heterocycles. The van der Waals surface area contributed by atoms with Crippen LogP contribution in [0.4, 0.5) is 5.69 Å². The maximum Gasteiger partial charge on any atom is 0.248 e. The number of nitrogens with zero attached hydrogens (tertiary/aromatic N) is 1. The van der Waals surface area contributed by atoms with E-state index in [0.717, 1.165) is 11.3 Å². The van der Waals surface area contributed by atoms with Crippen LogP contribution in [0.25, 0.3) is 6.08 Å². The third-order valence-electron chi connectivity index (χ3n) is 4.35. The summed E-state index contributed by atoms with van der Waals surface area (Å²) in [5.74, 6) is 0.476. The minimum Gasteiger partial charge on any atom is -0.494 e. The Morgan fingerprint density at radius 2 is 1.76 bits per heavy atom. The van der Waals surface area contributed by atoms with E-state index in [1.165, 1.54) is 22.5 Å². The minimum absolute atomic E-state index is 0.197. The number of amides is 1. The van der Waals surface area contributed by atoms with Crippen molar-refractivity contribution in [2.45, 2.75) is 11.8 Å². The van der Waals surface area contributed by atoms with Gasteiger partial charge in [0.2, 0.25) is 15.9 Å². The lowest BCUT2D eigenvalue weighted by Crippen LogP contribution is -2.40. The van der Waals surface area contributed by atoms with Crippen LogP contribution in [0, 0.1) is 0 Å². The molecule has 1 saturated heterocycles. The van der Waals surface area contributed by atoms with Gasteiger partial charge in [-0.2, -0.15) is 4.31 Å². The molecule has 0 saturated carbocycles. The van der Waals surface area contributed by atoms with Gasteiger partial charge in [0.05, 0.1) is 24.7 Å². The number of morpholine rings is 1. The fourth-order valence-electron chi connectivity index (χ4n) is 2.84. The summed E-state index contributed by atoms with van der Waals surface area (Å²) in [5.41, 5.74) is 1.39. The van der Waals surface area contributed by atoms with Crippen LogP contribution in [0.2, 0.25) is 0 Å². The molecular weight excluding hydrogens is 392 g/mol. The number of sulfonamides is 1. The van der Waals surface area contributed by atoms with E-state index < -0.39 is 10.0 Å². The van der Waals surface area contributed by atoms with Crippen molar-refractivity contribution in [3.8, 4) is 5.75 Å². The van der Waals surface area contributed by atoms with E-state index in [4.69, 9.17) is 9.47 Å². The summed E-state index contributed by atoms with van der Waals surface area (Å²) in [6.45, 7) is 4.00. The van der Waals surface area contributed by atoms with Gasteiger partial charge in [-0.15, -0.1) is 0 Å². The van der Waals surface area contributed by atoms with Gasteiger partial charge in [0.1, 0.15) is 5.75 Å². The molecule has 0 bridgehead atoms. The second kappa shape index (κ2) is 9.69. The number of rotatable bonds is 7. The molecule has 1 amide bonds. The number of ether oxygens (including phenoxy) is 2. The molecule has 0 aliphatic carbocycles. The standard InChI is InChI=1S/C21H24N2O5S/c1-2-28-19-8-3-17(4-9-19)5-12-21(24)22-18-6-10-20(11-7-18)29(25,26)23-13-15-27-16-14-23/h3-12H,2,13-16H2,1H3,(H,22,24)/b12-5+. The highest BCUT2D eigenvalue weighted by molar-refractivity contribution is 7.89. The van der Waals surface area contributed by atoms with Crippen LogP contribution in [0.3, 0.4) is 0 Å². The first-order valence-corrected chi connectivity index (χ1v) is 10.8. The van der Waals surface area contributed by atoms with Gasteiger partial charge in [-0.1, -0.05) is 12.1 Å². The number of benzene rings is 2. The predicted molar refractivity (Wildman–Crippen MR) is 111 cm³/mol. The number of carbonyl (C=O) groups is 1. The highest BCUT2D eigenvalue weighted by Crippen LogP contribution is 2.19. The maximum absolute atomic E-state index is 12.6. The molecular formula is C21H24N2O5S. The summed E-state index contributed by atoms with van der Waals surface area (Å²) in [4.78, 5) is 12.3. The first-order chi connectivity index (χ1) is 14.0. The van der Waals surface area contributed by atoms with Crippen molar-refractivity contribution in [3.63, 3.8) is 0 Å². The maximum atomic E-state index is 12.6. The Labute approximate surface area is 171 Å². The van der Waals surface area contributed by atoms with Crippen LogP contribution in [0.5, 0.6) is 5.75 Å². The third-order valence-corrected chi connectivity index (χ3v) is 6.26. The number of nitrogens with one attached hydrogen (secondary N) is 1. The van der Waals surface area contributed by atoms with E-state index in [0.29, 0.717) is 38.6 Å². The molecule has 1 fully saturated rings. The van der Waals surface area contributed by atoms with Crippen LogP contribution >= 0.6 is 0 Å². The van der Waals surface area contributed by atoms with E-state index >= 15 is 0 Å². The van der Waals surface area contributed by atoms with Gasteiger partial charge in [0, 0.05) is 24.9 Å². The molecule has 1 aliphatic heterocycles.